The molecule has 1 atom stereocenters. The molecule has 0 aromatic carbocycles. The van der Waals surface area contributed by atoms with Gasteiger partial charge in [0.2, 0.25) is 0 Å². The lowest BCUT2D eigenvalue weighted by Crippen LogP contribution is -2.59. The molecule has 7 nitrogen and oxygen atoms in total. The molecule has 0 radical (unpaired) electrons. The van der Waals surface area contributed by atoms with Crippen LogP contribution >= 0.6 is 0 Å². The van der Waals surface area contributed by atoms with E-state index in [4.69, 9.17) is 10.2 Å². The van der Waals surface area contributed by atoms with Gasteiger partial charge >= 0.3 is 17.8 Å². The molecule has 7 heteroatoms. The van der Waals surface area contributed by atoms with E-state index in [1.807, 2.05) is 5.32 Å². The van der Waals surface area contributed by atoms with E-state index < -0.39 is 17.8 Å². The van der Waals surface area contributed by atoms with Gasteiger partial charge in [0.1, 0.15) is 0 Å². The summed E-state index contributed by atoms with van der Waals surface area (Å²) in [5.41, 5.74) is 0. The average Bonchev–Trinajstić information content (AvgIpc) is 1.86. The van der Waals surface area contributed by atoms with Crippen molar-refractivity contribution in [3.63, 3.8) is 0 Å². The van der Waals surface area contributed by atoms with E-state index in [-0.39, 0.29) is 0 Å². The monoisotopic (exact) mass is 159 g/mol. The number of rotatable bonds is 1. The fourth-order valence-corrected chi connectivity index (χ4v) is 0.520. The Morgan fingerprint density at radius 3 is 2.73 bits per heavy atom. The highest BCUT2D eigenvalue weighted by atomic mass is 16.4. The van der Waals surface area contributed by atoms with E-state index in [1.165, 1.54) is 0 Å². The first-order valence-corrected chi connectivity index (χ1v) is 2.63. The average molecular weight is 159 g/mol. The number of amides is 2. The van der Waals surface area contributed by atoms with Crippen LogP contribution in [-0.4, -0.2) is 34.4 Å². The standard InChI is InChI=1S/C4H5N3O4/c8-2(9)4(11)6-1-5-3(10)7-4/h1,11H,(H,8,9)(H2,5,6,7,10). The number of aliphatic hydroxyl groups is 1. The van der Waals surface area contributed by atoms with Crippen molar-refractivity contribution in [2.24, 2.45) is 4.99 Å². The lowest BCUT2D eigenvalue weighted by Gasteiger charge is -2.22. The van der Waals surface area contributed by atoms with Crippen molar-refractivity contribution in [2.75, 3.05) is 0 Å². The number of carbonyl (C=O) groups is 2. The van der Waals surface area contributed by atoms with Gasteiger partial charge in [0.25, 0.3) is 0 Å². The van der Waals surface area contributed by atoms with Gasteiger partial charge in [-0.1, -0.05) is 0 Å². The molecule has 1 aliphatic rings. The maximum absolute atomic E-state index is 10.4. The molecule has 0 aliphatic carbocycles. The Bertz CT molecular complexity index is 237. The van der Waals surface area contributed by atoms with Crippen LogP contribution in [0.15, 0.2) is 4.99 Å². The van der Waals surface area contributed by atoms with Crippen molar-refractivity contribution in [3.05, 3.63) is 0 Å². The van der Waals surface area contributed by atoms with Gasteiger partial charge in [-0.05, 0) is 0 Å². The summed E-state index contributed by atoms with van der Waals surface area (Å²) in [7, 11) is 0. The van der Waals surface area contributed by atoms with Gasteiger partial charge in [0.05, 0.1) is 6.34 Å². The van der Waals surface area contributed by atoms with E-state index in [2.05, 4.69) is 4.99 Å². The fraction of sp³-hybridized carbons (Fsp3) is 0.250. The summed E-state index contributed by atoms with van der Waals surface area (Å²) in [6, 6.07) is -0.815. The molecule has 2 amide bonds. The van der Waals surface area contributed by atoms with E-state index >= 15 is 0 Å². The molecule has 0 saturated heterocycles. The summed E-state index contributed by atoms with van der Waals surface area (Å²) in [5.74, 6) is -4.16. The Kier molecular flexibility index (Phi) is 1.50. The number of carboxylic acids is 1. The third-order valence-electron chi connectivity index (χ3n) is 1.03. The minimum Gasteiger partial charge on any atom is -0.476 e. The molecule has 1 heterocycles. The van der Waals surface area contributed by atoms with E-state index in [1.54, 1.807) is 5.32 Å². The zero-order valence-corrected chi connectivity index (χ0v) is 5.24. The van der Waals surface area contributed by atoms with Gasteiger partial charge in [-0.15, -0.1) is 0 Å². The summed E-state index contributed by atoms with van der Waals surface area (Å²) < 4.78 is 0. The Morgan fingerprint density at radius 1 is 1.73 bits per heavy atom. The molecule has 1 rings (SSSR count). The van der Waals surface area contributed by atoms with Crippen LogP contribution in [0.25, 0.3) is 0 Å². The molecular weight excluding hydrogens is 154 g/mol. The summed E-state index contributed by atoms with van der Waals surface area (Å²) in [6.07, 6.45) is 0.812. The van der Waals surface area contributed by atoms with Crippen LogP contribution in [0.5, 0.6) is 0 Å². The fourth-order valence-electron chi connectivity index (χ4n) is 0.520. The first-order valence-electron chi connectivity index (χ1n) is 2.63. The van der Waals surface area contributed by atoms with Crippen molar-refractivity contribution in [1.82, 2.24) is 10.6 Å². The molecule has 1 aliphatic heterocycles. The maximum atomic E-state index is 10.4. The number of nitrogens with one attached hydrogen (secondary N) is 2. The predicted molar refractivity (Wildman–Crippen MR) is 32.7 cm³/mol. The highest BCUT2D eigenvalue weighted by Gasteiger charge is 2.39. The summed E-state index contributed by atoms with van der Waals surface area (Å²) in [6.45, 7) is 0. The molecule has 0 fully saturated rings. The number of nitrogens with zero attached hydrogens (tertiary/aromatic N) is 1. The highest BCUT2D eigenvalue weighted by molar-refractivity contribution is 5.94. The third kappa shape index (κ3) is 1.27. The number of hydrogen-bond acceptors (Lipinski definition) is 4. The smallest absolute Gasteiger partial charge is 0.382 e. The van der Waals surface area contributed by atoms with E-state index in [0.29, 0.717) is 0 Å². The highest BCUT2D eigenvalue weighted by Crippen LogP contribution is 2.02. The number of hydrogen-bond donors (Lipinski definition) is 4. The Labute approximate surface area is 60.7 Å². The zero-order chi connectivity index (χ0) is 8.48. The molecule has 60 valence electrons. The zero-order valence-electron chi connectivity index (χ0n) is 5.24. The van der Waals surface area contributed by atoms with Gasteiger partial charge in [-0.3, -0.25) is 10.6 Å². The summed E-state index contributed by atoms with van der Waals surface area (Å²) >= 11 is 0. The first kappa shape index (κ1) is 7.48. The maximum Gasteiger partial charge on any atom is 0.382 e. The number of urea groups is 1. The van der Waals surface area contributed by atoms with Crippen LogP contribution in [0.4, 0.5) is 4.79 Å². The normalized spacial score (nSPS) is 29.0. The SMILES string of the molecule is O=C1NC=NC(O)(C(=O)O)N1. The Hall–Kier alpha value is -1.63. The molecule has 0 aromatic heterocycles. The van der Waals surface area contributed by atoms with Gasteiger partial charge in [0, 0.05) is 0 Å². The van der Waals surface area contributed by atoms with Crippen molar-refractivity contribution in [1.29, 1.82) is 0 Å². The molecular formula is C4H5N3O4. The van der Waals surface area contributed by atoms with Gasteiger partial charge < -0.3 is 10.2 Å². The Morgan fingerprint density at radius 2 is 2.36 bits per heavy atom. The van der Waals surface area contributed by atoms with Crippen molar-refractivity contribution < 1.29 is 19.8 Å². The Balaban J connectivity index is 2.87. The number of carboxylic acid groups (broad SMARTS) is 1. The lowest BCUT2D eigenvalue weighted by atomic mass is 10.4. The molecule has 4 N–H and O–H groups in total. The number of aliphatic imine (C=N–C) groups is 1. The minimum atomic E-state index is -2.53. The van der Waals surface area contributed by atoms with Gasteiger partial charge in [0.15, 0.2) is 0 Å². The number of carbonyl (C=O) groups excluding carboxylic acids is 1. The van der Waals surface area contributed by atoms with Crippen molar-refractivity contribution in [3.8, 4) is 0 Å². The molecule has 1 unspecified atom stereocenters. The molecule has 0 bridgehead atoms. The summed E-state index contributed by atoms with van der Waals surface area (Å²) in [4.78, 5) is 23.8. The third-order valence-corrected chi connectivity index (χ3v) is 1.03. The van der Waals surface area contributed by atoms with Crippen LogP contribution in [0.1, 0.15) is 0 Å². The van der Waals surface area contributed by atoms with E-state index in [9.17, 15) is 9.59 Å². The van der Waals surface area contributed by atoms with E-state index in [0.717, 1.165) is 6.34 Å². The largest absolute Gasteiger partial charge is 0.476 e. The van der Waals surface area contributed by atoms with Crippen LogP contribution in [0, 0.1) is 0 Å². The van der Waals surface area contributed by atoms with Crippen LogP contribution in [0.3, 0.4) is 0 Å². The second-order valence-electron chi connectivity index (χ2n) is 1.83. The van der Waals surface area contributed by atoms with Crippen LogP contribution in [0.2, 0.25) is 0 Å². The number of aliphatic carboxylic acids is 1. The predicted octanol–water partition coefficient (Wildman–Crippen LogP) is -1.94. The van der Waals surface area contributed by atoms with Gasteiger partial charge in [-0.25, -0.2) is 14.6 Å². The lowest BCUT2D eigenvalue weighted by molar-refractivity contribution is -0.160. The molecule has 0 spiro atoms. The van der Waals surface area contributed by atoms with Crippen molar-refractivity contribution in [2.45, 2.75) is 5.85 Å². The minimum absolute atomic E-state index is 0.812. The second kappa shape index (κ2) is 2.20. The second-order valence-corrected chi connectivity index (χ2v) is 1.83. The summed E-state index contributed by atoms with van der Waals surface area (Å²) in [5, 5.41) is 21.0. The van der Waals surface area contributed by atoms with Crippen LogP contribution in [-0.2, 0) is 4.79 Å². The first-order chi connectivity index (χ1) is 5.04. The molecule has 11 heavy (non-hydrogen) atoms. The molecule has 0 saturated carbocycles. The van der Waals surface area contributed by atoms with Crippen molar-refractivity contribution >= 4 is 18.3 Å². The van der Waals surface area contributed by atoms with Crippen LogP contribution < -0.4 is 10.6 Å². The van der Waals surface area contributed by atoms with Gasteiger partial charge in [-0.2, -0.15) is 0 Å². The quantitative estimate of drug-likeness (QED) is 0.356. The molecule has 0 aromatic rings. The topological polar surface area (TPSA) is 111 Å².